The van der Waals surface area contributed by atoms with Gasteiger partial charge in [-0.1, -0.05) is 0 Å². The molecule has 4 nitrogen and oxygen atoms in total. The van der Waals surface area contributed by atoms with Gasteiger partial charge in [0.1, 0.15) is 0 Å². The van der Waals surface area contributed by atoms with Crippen molar-refractivity contribution in [2.45, 2.75) is 41.5 Å². The zero-order chi connectivity index (χ0) is 26.0. The molecule has 0 unspecified atom stereocenters. The van der Waals surface area contributed by atoms with Gasteiger partial charge in [-0.25, -0.2) is 0 Å². The van der Waals surface area contributed by atoms with Crippen LogP contribution in [0.2, 0.25) is 0 Å². The molecule has 3 rings (SSSR count). The average molecular weight is 586 g/mol. The van der Waals surface area contributed by atoms with Crippen LogP contribution < -0.4 is 15.6 Å². The van der Waals surface area contributed by atoms with Gasteiger partial charge in [0.25, 0.3) is 0 Å². The molecule has 0 saturated carbocycles. The maximum absolute atomic E-state index is 7.52. The van der Waals surface area contributed by atoms with Gasteiger partial charge in [-0.15, -0.1) is 0 Å². The van der Waals surface area contributed by atoms with Gasteiger partial charge in [0.15, 0.2) is 0 Å². The molecule has 0 aromatic heterocycles. The van der Waals surface area contributed by atoms with E-state index in [0.29, 0.717) is 37.6 Å². The number of hydrogen-bond donors (Lipinski definition) is 0. The minimum atomic E-state index is -4.61. The van der Waals surface area contributed by atoms with Crippen molar-refractivity contribution in [2.75, 3.05) is 19.8 Å². The molecular weight excluding hydrogens is 544 g/mol. The normalized spacial score (nSPS) is 12.6. The van der Waals surface area contributed by atoms with Crippen LogP contribution in [0.3, 0.4) is 0 Å². The average Bonchev–Trinajstić information content (AvgIpc) is 2.89. The van der Waals surface area contributed by atoms with Crippen LogP contribution in [0.1, 0.15) is 41.5 Å². The standard InChI is InChI=1S/C18H15OSi.3C4H9O.Zr/c19-20(16-10-4-1-5-11-16,17-12-6-2-7-13-17)18-14-8-3-9-15-18;3*1-4(2)3-5;/h1-15H;3*4H,3H2,1-2H3;/q4*-1;+4. The maximum atomic E-state index is 7.52. The van der Waals surface area contributed by atoms with Crippen molar-refractivity contribution >= 4 is 23.9 Å². The van der Waals surface area contributed by atoms with E-state index in [9.17, 15) is 0 Å². The third-order valence-corrected chi connectivity index (χ3v) is 17.5. The summed E-state index contributed by atoms with van der Waals surface area (Å²) in [5, 5.41) is 3.45. The molecule has 0 amide bonds. The number of hydrogen-bond acceptors (Lipinski definition) is 4. The van der Waals surface area contributed by atoms with Gasteiger partial charge in [-0.05, 0) is 0 Å². The molecular formula is C30H42O4SiZr. The van der Waals surface area contributed by atoms with Gasteiger partial charge in [0, 0.05) is 0 Å². The Bertz CT molecular complexity index is 885. The summed E-state index contributed by atoms with van der Waals surface area (Å²) >= 11 is -4.61. The van der Waals surface area contributed by atoms with Crippen molar-refractivity contribution in [3.05, 3.63) is 91.0 Å². The molecule has 0 fully saturated rings. The molecule has 0 radical (unpaired) electrons. The van der Waals surface area contributed by atoms with Crippen LogP contribution in [0.5, 0.6) is 0 Å². The summed E-state index contributed by atoms with van der Waals surface area (Å²) in [4.78, 5) is 0. The fourth-order valence-corrected chi connectivity index (χ4v) is 19.0. The Balaban J connectivity index is 2.27. The first-order chi connectivity index (χ1) is 17.3. The van der Waals surface area contributed by atoms with Gasteiger partial charge in [-0.3, -0.25) is 0 Å². The van der Waals surface area contributed by atoms with Crippen LogP contribution in [0, 0.1) is 17.8 Å². The van der Waals surface area contributed by atoms with E-state index in [-0.39, 0.29) is 0 Å². The third-order valence-electron chi connectivity index (χ3n) is 5.60. The molecule has 0 aliphatic rings. The van der Waals surface area contributed by atoms with E-state index in [2.05, 4.69) is 133 Å². The Morgan fingerprint density at radius 1 is 0.500 bits per heavy atom. The summed E-state index contributed by atoms with van der Waals surface area (Å²) in [7, 11) is -3.06. The van der Waals surface area contributed by atoms with E-state index in [0.717, 1.165) is 15.6 Å². The summed E-state index contributed by atoms with van der Waals surface area (Å²) in [5.41, 5.74) is 0. The van der Waals surface area contributed by atoms with Crippen molar-refractivity contribution in [3.8, 4) is 0 Å². The van der Waals surface area contributed by atoms with Crippen LogP contribution in [0.4, 0.5) is 0 Å². The van der Waals surface area contributed by atoms with Crippen molar-refractivity contribution in [1.82, 2.24) is 0 Å². The topological polar surface area (TPSA) is 36.9 Å². The summed E-state index contributed by atoms with van der Waals surface area (Å²) in [6.45, 7) is 14.5. The summed E-state index contributed by atoms with van der Waals surface area (Å²) in [5.74, 6) is 0.989. The molecule has 36 heavy (non-hydrogen) atoms. The predicted molar refractivity (Wildman–Crippen MR) is 147 cm³/mol. The Hall–Kier alpha value is -1.40. The molecule has 0 bridgehead atoms. The quantitative estimate of drug-likeness (QED) is 0.185. The molecule has 0 saturated heterocycles. The third kappa shape index (κ3) is 7.80. The van der Waals surface area contributed by atoms with E-state index < -0.39 is 30.3 Å². The SMILES string of the molecule is CC(C)C[O][Zr]([O]CC(C)C)([O]CC(C)C)[O][Si](c1ccccc1)(c1ccccc1)c1ccccc1. The van der Waals surface area contributed by atoms with E-state index in [1.807, 2.05) is 0 Å². The minimum absolute atomic E-state index is 0.330. The predicted octanol–water partition coefficient (Wildman–Crippen LogP) is 5.50. The summed E-state index contributed by atoms with van der Waals surface area (Å²) in [6.07, 6.45) is 0. The second-order valence-corrected chi connectivity index (χ2v) is 19.9. The molecule has 0 aliphatic carbocycles. The van der Waals surface area contributed by atoms with E-state index >= 15 is 0 Å². The number of rotatable bonds is 14. The van der Waals surface area contributed by atoms with Crippen LogP contribution in [0.25, 0.3) is 0 Å². The summed E-state index contributed by atoms with van der Waals surface area (Å²) < 4.78 is 27.6. The van der Waals surface area contributed by atoms with Crippen molar-refractivity contribution in [1.29, 1.82) is 0 Å². The molecule has 3 aromatic rings. The van der Waals surface area contributed by atoms with E-state index in [1.54, 1.807) is 0 Å². The van der Waals surface area contributed by atoms with Crippen molar-refractivity contribution in [3.63, 3.8) is 0 Å². The van der Waals surface area contributed by atoms with Gasteiger partial charge in [0.05, 0.1) is 0 Å². The first-order valence-electron chi connectivity index (χ1n) is 13.1. The Labute approximate surface area is 226 Å². The molecule has 0 aliphatic heterocycles. The monoisotopic (exact) mass is 584 g/mol. The van der Waals surface area contributed by atoms with Crippen LogP contribution in [-0.2, 0) is 33.0 Å². The van der Waals surface area contributed by atoms with E-state index in [1.165, 1.54) is 0 Å². The Morgan fingerprint density at radius 2 is 0.778 bits per heavy atom. The molecule has 6 heteroatoms. The van der Waals surface area contributed by atoms with Crippen molar-refractivity contribution in [2.24, 2.45) is 17.8 Å². The Kier molecular flexibility index (Phi) is 11.3. The zero-order valence-corrected chi connectivity index (χ0v) is 26.1. The van der Waals surface area contributed by atoms with Gasteiger partial charge >= 0.3 is 227 Å². The fraction of sp³-hybridized carbons (Fsp3) is 0.400. The molecule has 0 heterocycles. The van der Waals surface area contributed by atoms with Crippen LogP contribution in [0.15, 0.2) is 91.0 Å². The molecule has 0 N–H and O–H groups in total. The van der Waals surface area contributed by atoms with Gasteiger partial charge in [-0.2, -0.15) is 0 Å². The summed E-state index contributed by atoms with van der Waals surface area (Å²) in [6, 6.07) is 31.7. The van der Waals surface area contributed by atoms with Crippen LogP contribution >= 0.6 is 0 Å². The number of benzene rings is 3. The van der Waals surface area contributed by atoms with Crippen LogP contribution in [-0.4, -0.2) is 28.1 Å². The van der Waals surface area contributed by atoms with Gasteiger partial charge in [0.2, 0.25) is 0 Å². The molecule has 194 valence electrons. The first-order valence-corrected chi connectivity index (χ1v) is 19.0. The fourth-order valence-electron chi connectivity index (χ4n) is 3.90. The molecule has 3 aromatic carbocycles. The molecule has 0 atom stereocenters. The van der Waals surface area contributed by atoms with Crippen molar-refractivity contribution < 1.29 is 33.0 Å². The second kappa shape index (κ2) is 13.9. The van der Waals surface area contributed by atoms with Gasteiger partial charge < -0.3 is 0 Å². The second-order valence-electron chi connectivity index (χ2n) is 10.5. The first kappa shape index (κ1) is 29.2. The molecule has 0 spiro atoms. The Morgan fingerprint density at radius 3 is 1.03 bits per heavy atom. The van der Waals surface area contributed by atoms with E-state index in [4.69, 9.17) is 10.9 Å². The zero-order valence-electron chi connectivity index (χ0n) is 22.6.